The summed E-state index contributed by atoms with van der Waals surface area (Å²) in [4.78, 5) is 4.14. The van der Waals surface area contributed by atoms with Gasteiger partial charge in [-0.25, -0.2) is 0 Å². The fraction of sp³-hybridized carbons (Fsp3) is 0.250. The third kappa shape index (κ3) is 1.69. The van der Waals surface area contributed by atoms with Gasteiger partial charge in [0.05, 0.1) is 12.3 Å². The first-order valence-corrected chi connectivity index (χ1v) is 4.77. The summed E-state index contributed by atoms with van der Waals surface area (Å²) in [5.41, 5.74) is 0. The fourth-order valence-corrected chi connectivity index (χ4v) is 1.44. The maximum Gasteiger partial charge on any atom is 0.145 e. The zero-order chi connectivity index (χ0) is 9.97. The van der Waals surface area contributed by atoms with E-state index in [-0.39, 0.29) is 6.10 Å². The number of hydrogen-bond acceptors (Lipinski definition) is 2. The lowest BCUT2D eigenvalue weighted by molar-refractivity contribution is 0.244. The van der Waals surface area contributed by atoms with Gasteiger partial charge in [-0.1, -0.05) is 24.3 Å². The van der Waals surface area contributed by atoms with Crippen LogP contribution in [0.25, 0.3) is 10.8 Å². The maximum atomic E-state index is 5.66. The molecule has 1 aromatic heterocycles. The second-order valence-electron chi connectivity index (χ2n) is 3.53. The number of ether oxygens (including phenoxy) is 1. The van der Waals surface area contributed by atoms with Crippen LogP contribution < -0.4 is 4.74 Å². The minimum absolute atomic E-state index is 0.183. The van der Waals surface area contributed by atoms with Crippen molar-refractivity contribution >= 4 is 10.8 Å². The molecule has 14 heavy (non-hydrogen) atoms. The maximum absolute atomic E-state index is 5.66. The molecule has 2 aromatic rings. The van der Waals surface area contributed by atoms with Crippen LogP contribution in [-0.2, 0) is 0 Å². The smallest absolute Gasteiger partial charge is 0.145 e. The lowest BCUT2D eigenvalue weighted by Gasteiger charge is -2.11. The normalized spacial score (nSPS) is 10.8. The van der Waals surface area contributed by atoms with Crippen LogP contribution >= 0.6 is 0 Å². The van der Waals surface area contributed by atoms with E-state index in [1.165, 1.54) is 0 Å². The van der Waals surface area contributed by atoms with E-state index >= 15 is 0 Å². The third-order valence-electron chi connectivity index (χ3n) is 1.99. The van der Waals surface area contributed by atoms with Crippen molar-refractivity contribution in [2.45, 2.75) is 20.0 Å². The molecule has 0 N–H and O–H groups in total. The molecule has 0 aliphatic carbocycles. The zero-order valence-electron chi connectivity index (χ0n) is 8.40. The molecule has 1 aromatic carbocycles. The molecule has 0 bridgehead atoms. The Labute approximate surface area is 83.5 Å². The lowest BCUT2D eigenvalue weighted by Crippen LogP contribution is -2.05. The number of fused-ring (bicyclic) bond motifs is 1. The van der Waals surface area contributed by atoms with Crippen LogP contribution in [0.4, 0.5) is 0 Å². The van der Waals surface area contributed by atoms with Crippen LogP contribution in [0.5, 0.6) is 5.75 Å². The summed E-state index contributed by atoms with van der Waals surface area (Å²) in [5, 5.41) is 2.24. The van der Waals surface area contributed by atoms with E-state index in [2.05, 4.69) is 11.1 Å². The van der Waals surface area contributed by atoms with Crippen LogP contribution in [0.2, 0.25) is 0 Å². The van der Waals surface area contributed by atoms with Crippen molar-refractivity contribution in [3.05, 3.63) is 36.7 Å². The summed E-state index contributed by atoms with van der Waals surface area (Å²) in [6, 6.07) is 8.10. The van der Waals surface area contributed by atoms with E-state index in [1.807, 2.05) is 38.2 Å². The zero-order valence-corrected chi connectivity index (χ0v) is 8.40. The predicted octanol–water partition coefficient (Wildman–Crippen LogP) is 3.02. The molecule has 0 fully saturated rings. The van der Waals surface area contributed by atoms with E-state index in [0.29, 0.717) is 0 Å². The molecule has 0 saturated heterocycles. The van der Waals surface area contributed by atoms with Crippen molar-refractivity contribution in [3.8, 4) is 5.75 Å². The predicted molar refractivity (Wildman–Crippen MR) is 57.5 cm³/mol. The van der Waals surface area contributed by atoms with Gasteiger partial charge in [-0.3, -0.25) is 4.98 Å². The van der Waals surface area contributed by atoms with Gasteiger partial charge in [-0.2, -0.15) is 0 Å². The third-order valence-corrected chi connectivity index (χ3v) is 1.99. The average molecular weight is 187 g/mol. The van der Waals surface area contributed by atoms with Crippen LogP contribution in [0.3, 0.4) is 0 Å². The highest BCUT2D eigenvalue weighted by Gasteiger charge is 2.02. The van der Waals surface area contributed by atoms with Crippen LogP contribution in [0.15, 0.2) is 36.7 Å². The van der Waals surface area contributed by atoms with Crippen LogP contribution in [0, 0.1) is 0 Å². The molecule has 0 spiro atoms. The molecular weight excluding hydrogens is 174 g/mol. The minimum atomic E-state index is 0.183. The Kier molecular flexibility index (Phi) is 2.35. The number of rotatable bonds is 2. The Balaban J connectivity index is 2.53. The standard InChI is InChI=1S/C12H13NO/c1-9(2)14-12-8-13-7-10-5-3-4-6-11(10)12/h3-9H,1-2H3. The second kappa shape index (κ2) is 3.66. The van der Waals surface area contributed by atoms with Gasteiger partial charge in [0.15, 0.2) is 0 Å². The van der Waals surface area contributed by atoms with Crippen molar-refractivity contribution in [1.82, 2.24) is 4.98 Å². The largest absolute Gasteiger partial charge is 0.489 e. The summed E-state index contributed by atoms with van der Waals surface area (Å²) in [5.74, 6) is 0.859. The Hall–Kier alpha value is -1.57. The van der Waals surface area contributed by atoms with E-state index in [9.17, 15) is 0 Å². The molecule has 2 rings (SSSR count). The van der Waals surface area contributed by atoms with Gasteiger partial charge in [0.25, 0.3) is 0 Å². The summed E-state index contributed by atoms with van der Waals surface area (Å²) < 4.78 is 5.66. The minimum Gasteiger partial charge on any atom is -0.489 e. The lowest BCUT2D eigenvalue weighted by atomic mass is 10.2. The highest BCUT2D eigenvalue weighted by Crippen LogP contribution is 2.24. The highest BCUT2D eigenvalue weighted by molar-refractivity contribution is 5.87. The molecule has 0 atom stereocenters. The van der Waals surface area contributed by atoms with E-state index in [4.69, 9.17) is 4.74 Å². The van der Waals surface area contributed by atoms with Crippen LogP contribution in [-0.4, -0.2) is 11.1 Å². The fourth-order valence-electron chi connectivity index (χ4n) is 1.44. The summed E-state index contributed by atoms with van der Waals surface area (Å²) in [6.07, 6.45) is 3.80. The highest BCUT2D eigenvalue weighted by atomic mass is 16.5. The van der Waals surface area contributed by atoms with Crippen molar-refractivity contribution in [1.29, 1.82) is 0 Å². The Morgan fingerprint density at radius 1 is 1.14 bits per heavy atom. The van der Waals surface area contributed by atoms with Gasteiger partial charge in [-0.15, -0.1) is 0 Å². The first-order chi connectivity index (χ1) is 6.77. The molecular formula is C12H13NO. The van der Waals surface area contributed by atoms with Gasteiger partial charge >= 0.3 is 0 Å². The number of nitrogens with zero attached hydrogens (tertiary/aromatic N) is 1. The van der Waals surface area contributed by atoms with E-state index < -0.39 is 0 Å². The first kappa shape index (κ1) is 9.00. The summed E-state index contributed by atoms with van der Waals surface area (Å²) in [6.45, 7) is 4.03. The summed E-state index contributed by atoms with van der Waals surface area (Å²) >= 11 is 0. The Morgan fingerprint density at radius 3 is 2.71 bits per heavy atom. The molecule has 0 saturated carbocycles. The Morgan fingerprint density at radius 2 is 1.93 bits per heavy atom. The van der Waals surface area contributed by atoms with Crippen molar-refractivity contribution < 1.29 is 4.74 Å². The van der Waals surface area contributed by atoms with Crippen molar-refractivity contribution in [3.63, 3.8) is 0 Å². The molecule has 72 valence electrons. The average Bonchev–Trinajstić information content (AvgIpc) is 2.18. The van der Waals surface area contributed by atoms with Crippen LogP contribution in [0.1, 0.15) is 13.8 Å². The molecule has 0 amide bonds. The molecule has 1 heterocycles. The molecule has 0 aliphatic heterocycles. The van der Waals surface area contributed by atoms with Gasteiger partial charge in [0.1, 0.15) is 5.75 Å². The van der Waals surface area contributed by atoms with Gasteiger partial charge < -0.3 is 4.74 Å². The molecule has 2 nitrogen and oxygen atoms in total. The number of hydrogen-bond donors (Lipinski definition) is 0. The molecule has 0 unspecified atom stereocenters. The quantitative estimate of drug-likeness (QED) is 0.721. The van der Waals surface area contributed by atoms with E-state index in [0.717, 1.165) is 16.5 Å². The monoisotopic (exact) mass is 187 g/mol. The number of aromatic nitrogens is 1. The first-order valence-electron chi connectivity index (χ1n) is 4.77. The van der Waals surface area contributed by atoms with Gasteiger partial charge in [0.2, 0.25) is 0 Å². The van der Waals surface area contributed by atoms with Crippen molar-refractivity contribution in [2.75, 3.05) is 0 Å². The molecule has 0 radical (unpaired) electrons. The second-order valence-corrected chi connectivity index (χ2v) is 3.53. The Bertz CT molecular complexity index is 432. The van der Waals surface area contributed by atoms with Crippen molar-refractivity contribution in [2.24, 2.45) is 0 Å². The van der Waals surface area contributed by atoms with Gasteiger partial charge in [-0.05, 0) is 13.8 Å². The molecule has 2 heteroatoms. The topological polar surface area (TPSA) is 22.1 Å². The SMILES string of the molecule is CC(C)Oc1cncc2ccccc12. The number of pyridine rings is 1. The van der Waals surface area contributed by atoms with E-state index in [1.54, 1.807) is 6.20 Å². The number of benzene rings is 1. The summed E-state index contributed by atoms with van der Waals surface area (Å²) in [7, 11) is 0. The van der Waals surface area contributed by atoms with Gasteiger partial charge in [0, 0.05) is 17.0 Å². The molecule has 0 aliphatic rings.